The van der Waals surface area contributed by atoms with Crippen molar-refractivity contribution in [2.75, 3.05) is 6.61 Å². The zero-order chi connectivity index (χ0) is 11.6. The van der Waals surface area contributed by atoms with Gasteiger partial charge in [-0.1, -0.05) is 6.92 Å². The lowest BCUT2D eigenvalue weighted by molar-refractivity contribution is 0.0758. The SMILES string of the molecule is CCC(NC1(CO)CCC1)c1cnn(C)c1. The molecule has 4 heteroatoms. The van der Waals surface area contributed by atoms with E-state index in [9.17, 15) is 5.11 Å². The average Bonchev–Trinajstić information content (AvgIpc) is 2.65. The summed E-state index contributed by atoms with van der Waals surface area (Å²) in [5.41, 5.74) is 1.18. The molecule has 1 aromatic heterocycles. The molecule has 2 rings (SSSR count). The first-order valence-electron chi connectivity index (χ1n) is 6.06. The van der Waals surface area contributed by atoms with Crippen LogP contribution < -0.4 is 5.32 Å². The molecule has 1 aliphatic carbocycles. The van der Waals surface area contributed by atoms with E-state index in [-0.39, 0.29) is 12.1 Å². The second-order valence-corrected chi connectivity index (χ2v) is 4.84. The van der Waals surface area contributed by atoms with Gasteiger partial charge in [-0.25, -0.2) is 0 Å². The molecular formula is C12H21N3O. The Hall–Kier alpha value is -0.870. The number of aromatic nitrogens is 2. The van der Waals surface area contributed by atoms with E-state index < -0.39 is 0 Å². The molecule has 1 fully saturated rings. The Kier molecular flexibility index (Phi) is 3.30. The number of aliphatic hydroxyl groups excluding tert-OH is 1. The zero-order valence-corrected chi connectivity index (χ0v) is 10.1. The van der Waals surface area contributed by atoms with Crippen molar-refractivity contribution in [2.24, 2.45) is 7.05 Å². The van der Waals surface area contributed by atoms with E-state index in [1.165, 1.54) is 12.0 Å². The predicted octanol–water partition coefficient (Wildman–Crippen LogP) is 1.38. The lowest BCUT2D eigenvalue weighted by atomic mass is 9.76. The van der Waals surface area contributed by atoms with Crippen molar-refractivity contribution in [1.29, 1.82) is 0 Å². The maximum Gasteiger partial charge on any atom is 0.0613 e. The van der Waals surface area contributed by atoms with E-state index in [1.54, 1.807) is 0 Å². The zero-order valence-electron chi connectivity index (χ0n) is 10.1. The van der Waals surface area contributed by atoms with Crippen LogP contribution in [-0.2, 0) is 7.05 Å². The van der Waals surface area contributed by atoms with Crippen LogP contribution in [0.2, 0.25) is 0 Å². The molecule has 1 saturated carbocycles. The molecule has 2 N–H and O–H groups in total. The number of aliphatic hydroxyl groups is 1. The molecule has 0 bridgehead atoms. The second-order valence-electron chi connectivity index (χ2n) is 4.84. The van der Waals surface area contributed by atoms with Gasteiger partial charge in [-0.15, -0.1) is 0 Å². The highest BCUT2D eigenvalue weighted by Crippen LogP contribution is 2.34. The highest BCUT2D eigenvalue weighted by molar-refractivity contribution is 5.12. The summed E-state index contributed by atoms with van der Waals surface area (Å²) in [7, 11) is 1.93. The van der Waals surface area contributed by atoms with Gasteiger partial charge in [0.15, 0.2) is 0 Å². The van der Waals surface area contributed by atoms with E-state index in [2.05, 4.69) is 17.3 Å². The van der Waals surface area contributed by atoms with Gasteiger partial charge < -0.3 is 10.4 Å². The van der Waals surface area contributed by atoms with E-state index in [1.807, 2.05) is 24.1 Å². The van der Waals surface area contributed by atoms with Crippen LogP contribution in [0.5, 0.6) is 0 Å². The molecule has 1 aromatic rings. The molecule has 1 atom stereocenters. The summed E-state index contributed by atoms with van der Waals surface area (Å²) in [5, 5.41) is 17.2. The number of hydrogen-bond donors (Lipinski definition) is 2. The van der Waals surface area contributed by atoms with Crippen molar-refractivity contribution < 1.29 is 5.11 Å². The number of nitrogens with one attached hydrogen (secondary N) is 1. The van der Waals surface area contributed by atoms with Crippen molar-refractivity contribution >= 4 is 0 Å². The minimum Gasteiger partial charge on any atom is -0.394 e. The summed E-state index contributed by atoms with van der Waals surface area (Å²) in [6.07, 6.45) is 8.36. The van der Waals surface area contributed by atoms with Crippen molar-refractivity contribution in [3.8, 4) is 0 Å². The fraction of sp³-hybridized carbons (Fsp3) is 0.750. The molecule has 1 aliphatic rings. The second kappa shape index (κ2) is 4.55. The summed E-state index contributed by atoms with van der Waals surface area (Å²) in [5.74, 6) is 0. The summed E-state index contributed by atoms with van der Waals surface area (Å²) in [6, 6.07) is 0.307. The Balaban J connectivity index is 2.05. The van der Waals surface area contributed by atoms with Crippen molar-refractivity contribution in [1.82, 2.24) is 15.1 Å². The summed E-state index contributed by atoms with van der Waals surface area (Å²) in [6.45, 7) is 2.40. The third-order valence-electron chi connectivity index (χ3n) is 3.63. The summed E-state index contributed by atoms with van der Waals surface area (Å²) in [4.78, 5) is 0. The van der Waals surface area contributed by atoms with Gasteiger partial charge in [-0.3, -0.25) is 4.68 Å². The Morgan fingerprint density at radius 2 is 2.38 bits per heavy atom. The molecule has 0 amide bonds. The number of rotatable bonds is 5. The Bertz CT molecular complexity index is 338. The first-order valence-corrected chi connectivity index (χ1v) is 6.06. The average molecular weight is 223 g/mol. The Labute approximate surface area is 96.7 Å². The minimum absolute atomic E-state index is 0.0312. The van der Waals surface area contributed by atoms with Crippen LogP contribution in [0.15, 0.2) is 12.4 Å². The molecular weight excluding hydrogens is 202 g/mol. The van der Waals surface area contributed by atoms with Gasteiger partial charge in [-0.05, 0) is 25.7 Å². The fourth-order valence-electron chi connectivity index (χ4n) is 2.36. The molecule has 1 unspecified atom stereocenters. The van der Waals surface area contributed by atoms with Gasteiger partial charge in [0.2, 0.25) is 0 Å². The van der Waals surface area contributed by atoms with Gasteiger partial charge in [0, 0.05) is 30.4 Å². The molecule has 4 nitrogen and oxygen atoms in total. The molecule has 16 heavy (non-hydrogen) atoms. The molecule has 90 valence electrons. The van der Waals surface area contributed by atoms with Crippen LogP contribution in [0, 0.1) is 0 Å². The molecule has 0 aliphatic heterocycles. The van der Waals surface area contributed by atoms with Gasteiger partial charge in [0.25, 0.3) is 0 Å². The van der Waals surface area contributed by atoms with E-state index in [4.69, 9.17) is 0 Å². The fourth-order valence-corrected chi connectivity index (χ4v) is 2.36. The minimum atomic E-state index is -0.0312. The topological polar surface area (TPSA) is 50.1 Å². The molecule has 0 radical (unpaired) electrons. The highest BCUT2D eigenvalue weighted by Gasteiger charge is 2.37. The molecule has 1 heterocycles. The first kappa shape index (κ1) is 11.6. The van der Waals surface area contributed by atoms with Crippen LogP contribution >= 0.6 is 0 Å². The van der Waals surface area contributed by atoms with Crippen LogP contribution in [0.25, 0.3) is 0 Å². The van der Waals surface area contributed by atoms with Gasteiger partial charge >= 0.3 is 0 Å². The van der Waals surface area contributed by atoms with E-state index in [0.29, 0.717) is 6.04 Å². The van der Waals surface area contributed by atoms with Gasteiger partial charge in [0.05, 0.1) is 12.8 Å². The van der Waals surface area contributed by atoms with Crippen molar-refractivity contribution in [3.05, 3.63) is 18.0 Å². The third-order valence-corrected chi connectivity index (χ3v) is 3.63. The molecule has 0 aromatic carbocycles. The summed E-state index contributed by atoms with van der Waals surface area (Å²) >= 11 is 0. The largest absolute Gasteiger partial charge is 0.394 e. The maximum atomic E-state index is 9.45. The van der Waals surface area contributed by atoms with Crippen LogP contribution in [0.1, 0.15) is 44.2 Å². The third kappa shape index (κ3) is 2.13. The molecule has 0 saturated heterocycles. The van der Waals surface area contributed by atoms with E-state index in [0.717, 1.165) is 19.3 Å². The van der Waals surface area contributed by atoms with Gasteiger partial charge in [-0.2, -0.15) is 5.10 Å². The lowest BCUT2D eigenvalue weighted by Gasteiger charge is -2.43. The van der Waals surface area contributed by atoms with Gasteiger partial charge in [0.1, 0.15) is 0 Å². The predicted molar refractivity (Wildman–Crippen MR) is 63.0 cm³/mol. The van der Waals surface area contributed by atoms with Crippen molar-refractivity contribution in [2.45, 2.75) is 44.2 Å². The normalized spacial score (nSPS) is 20.4. The number of hydrogen-bond acceptors (Lipinski definition) is 3. The highest BCUT2D eigenvalue weighted by atomic mass is 16.3. The summed E-state index contributed by atoms with van der Waals surface area (Å²) < 4.78 is 1.83. The number of nitrogens with zero attached hydrogens (tertiary/aromatic N) is 2. The maximum absolute atomic E-state index is 9.45. The number of aryl methyl sites for hydroxylation is 1. The monoisotopic (exact) mass is 223 g/mol. The van der Waals surface area contributed by atoms with Crippen LogP contribution in [0.3, 0.4) is 0 Å². The smallest absolute Gasteiger partial charge is 0.0613 e. The van der Waals surface area contributed by atoms with Crippen molar-refractivity contribution in [3.63, 3.8) is 0 Å². The first-order chi connectivity index (χ1) is 7.69. The van der Waals surface area contributed by atoms with Crippen LogP contribution in [0.4, 0.5) is 0 Å². The standard InChI is InChI=1S/C12H21N3O/c1-3-11(10-7-13-15(2)8-10)14-12(9-16)5-4-6-12/h7-8,11,14,16H,3-6,9H2,1-2H3. The Morgan fingerprint density at radius 3 is 2.75 bits per heavy atom. The Morgan fingerprint density at radius 1 is 1.62 bits per heavy atom. The lowest BCUT2D eigenvalue weighted by Crippen LogP contribution is -2.54. The van der Waals surface area contributed by atoms with E-state index >= 15 is 0 Å². The van der Waals surface area contributed by atoms with Crippen LogP contribution in [-0.4, -0.2) is 27.0 Å². The quantitative estimate of drug-likeness (QED) is 0.793. The molecule has 0 spiro atoms.